The number of nitrogens with one attached hydrogen (secondary N) is 2. The molecule has 1 amide bonds. The van der Waals surface area contributed by atoms with Crippen LogP contribution in [0.3, 0.4) is 0 Å². The summed E-state index contributed by atoms with van der Waals surface area (Å²) in [6, 6.07) is 13.2. The summed E-state index contributed by atoms with van der Waals surface area (Å²) in [4.78, 5) is 35.2. The average molecular weight is 446 g/mol. The molecule has 9 nitrogen and oxygen atoms in total. The van der Waals surface area contributed by atoms with Gasteiger partial charge in [-0.1, -0.05) is 6.07 Å². The van der Waals surface area contributed by atoms with Gasteiger partial charge in [-0.25, -0.2) is 9.97 Å². The lowest BCUT2D eigenvalue weighted by Crippen LogP contribution is -2.34. The van der Waals surface area contributed by atoms with Crippen LogP contribution in [0.4, 0.5) is 0 Å². The van der Waals surface area contributed by atoms with Crippen LogP contribution in [0.25, 0.3) is 33.5 Å². The fourth-order valence-corrected chi connectivity index (χ4v) is 3.56. The van der Waals surface area contributed by atoms with Gasteiger partial charge in [0, 0.05) is 23.4 Å². The number of pyridine rings is 1. The number of carbonyl (C=O) groups excluding carboxylic acids is 1. The number of fused-ring (bicyclic) bond motifs is 1. The summed E-state index contributed by atoms with van der Waals surface area (Å²) in [5, 5.41) is 22.0. The van der Waals surface area contributed by atoms with E-state index in [1.807, 2.05) is 6.07 Å². The number of aromatic hydroxyl groups is 1. The fraction of sp³-hybridized carbons (Fsp3) is 0.167. The van der Waals surface area contributed by atoms with Crippen molar-refractivity contribution in [3.05, 3.63) is 60.3 Å². The molecule has 1 atom stereocenters. The van der Waals surface area contributed by atoms with Crippen molar-refractivity contribution in [2.75, 3.05) is 7.11 Å². The van der Waals surface area contributed by atoms with Crippen molar-refractivity contribution in [2.45, 2.75) is 19.4 Å². The molecule has 9 heteroatoms. The summed E-state index contributed by atoms with van der Waals surface area (Å²) in [6.45, 7) is 1.63. The van der Waals surface area contributed by atoms with Gasteiger partial charge < -0.3 is 25.3 Å². The molecule has 2 heterocycles. The van der Waals surface area contributed by atoms with Crippen molar-refractivity contribution in [1.82, 2.24) is 20.3 Å². The maximum absolute atomic E-state index is 12.5. The van der Waals surface area contributed by atoms with Gasteiger partial charge in [0.25, 0.3) is 5.91 Å². The van der Waals surface area contributed by atoms with E-state index < -0.39 is 12.0 Å². The Morgan fingerprint density at radius 1 is 1.15 bits per heavy atom. The molecule has 0 saturated carbocycles. The molecule has 2 aromatic carbocycles. The maximum atomic E-state index is 12.5. The third-order valence-electron chi connectivity index (χ3n) is 5.13. The van der Waals surface area contributed by atoms with Gasteiger partial charge >= 0.3 is 5.97 Å². The maximum Gasteiger partial charge on any atom is 0.305 e. The number of H-pyrrole nitrogens is 1. The van der Waals surface area contributed by atoms with Crippen LogP contribution in [0.1, 0.15) is 23.7 Å². The lowest BCUT2D eigenvalue weighted by atomic mass is 10.0. The van der Waals surface area contributed by atoms with Crippen LogP contribution < -0.4 is 10.1 Å². The number of carboxylic acid groups (broad SMARTS) is 1. The number of rotatable bonds is 7. The molecule has 0 radical (unpaired) electrons. The fourth-order valence-electron chi connectivity index (χ4n) is 3.56. The van der Waals surface area contributed by atoms with Crippen molar-refractivity contribution in [1.29, 1.82) is 0 Å². The Kier molecular flexibility index (Phi) is 5.95. The summed E-state index contributed by atoms with van der Waals surface area (Å²) >= 11 is 0. The van der Waals surface area contributed by atoms with Crippen LogP contribution in [-0.4, -0.2) is 50.2 Å². The lowest BCUT2D eigenvalue weighted by molar-refractivity contribution is -0.137. The average Bonchev–Trinajstić information content (AvgIpc) is 3.22. The first-order valence-electron chi connectivity index (χ1n) is 10.2. The van der Waals surface area contributed by atoms with E-state index in [2.05, 4.69) is 20.3 Å². The Hall–Kier alpha value is -4.40. The highest BCUT2D eigenvalue weighted by Crippen LogP contribution is 2.35. The standard InChI is InChI=1S/C24H22N4O5/c1-13(10-21(30)31)26-23(32)15-5-7-18-19(12-15)28-22(27-18)17-11-14(6-8-20(17)29)16-4-3-9-25-24(16)33-2/h3-9,11-13,29H,10H2,1-2H3,(H,26,32)(H,27,28)(H,30,31). The number of phenols is 1. The zero-order chi connectivity index (χ0) is 23.5. The Morgan fingerprint density at radius 3 is 2.73 bits per heavy atom. The lowest BCUT2D eigenvalue weighted by Gasteiger charge is -2.11. The molecule has 0 spiro atoms. The van der Waals surface area contributed by atoms with E-state index in [4.69, 9.17) is 9.84 Å². The third-order valence-corrected chi connectivity index (χ3v) is 5.13. The molecular weight excluding hydrogens is 424 g/mol. The highest BCUT2D eigenvalue weighted by molar-refractivity contribution is 5.98. The second-order valence-corrected chi connectivity index (χ2v) is 7.58. The molecule has 0 bridgehead atoms. The van der Waals surface area contributed by atoms with Crippen molar-refractivity contribution in [3.8, 4) is 34.1 Å². The van der Waals surface area contributed by atoms with Gasteiger partial charge in [-0.3, -0.25) is 9.59 Å². The number of carboxylic acids is 1. The monoisotopic (exact) mass is 446 g/mol. The van der Waals surface area contributed by atoms with E-state index in [1.54, 1.807) is 62.7 Å². The molecule has 0 saturated heterocycles. The summed E-state index contributed by atoms with van der Waals surface area (Å²) in [7, 11) is 1.54. The molecular formula is C24H22N4O5. The minimum Gasteiger partial charge on any atom is -0.507 e. The number of aliphatic carboxylic acids is 1. The van der Waals surface area contributed by atoms with Crippen LogP contribution in [0.15, 0.2) is 54.7 Å². The van der Waals surface area contributed by atoms with Crippen molar-refractivity contribution in [3.63, 3.8) is 0 Å². The van der Waals surface area contributed by atoms with Gasteiger partial charge in [-0.2, -0.15) is 0 Å². The summed E-state index contributed by atoms with van der Waals surface area (Å²) in [5.74, 6) is -0.429. The number of nitrogens with zero attached hydrogens (tertiary/aromatic N) is 2. The zero-order valence-electron chi connectivity index (χ0n) is 18.0. The van der Waals surface area contributed by atoms with Gasteiger partial charge in [0.15, 0.2) is 0 Å². The molecule has 33 heavy (non-hydrogen) atoms. The molecule has 2 aromatic heterocycles. The van der Waals surface area contributed by atoms with Crippen LogP contribution >= 0.6 is 0 Å². The highest BCUT2D eigenvalue weighted by Gasteiger charge is 2.16. The predicted molar refractivity (Wildman–Crippen MR) is 122 cm³/mol. The van der Waals surface area contributed by atoms with Crippen LogP contribution in [0.2, 0.25) is 0 Å². The van der Waals surface area contributed by atoms with Gasteiger partial charge in [-0.05, 0) is 55.0 Å². The first kappa shape index (κ1) is 21.8. The van der Waals surface area contributed by atoms with Crippen molar-refractivity contribution < 1.29 is 24.5 Å². The normalized spacial score (nSPS) is 11.8. The number of imidazole rings is 1. The molecule has 1 unspecified atom stereocenters. The molecule has 0 fully saturated rings. The number of amides is 1. The van der Waals surface area contributed by atoms with Gasteiger partial charge in [0.2, 0.25) is 5.88 Å². The van der Waals surface area contributed by atoms with E-state index in [9.17, 15) is 14.7 Å². The van der Waals surface area contributed by atoms with E-state index >= 15 is 0 Å². The Balaban J connectivity index is 1.67. The quantitative estimate of drug-likeness (QED) is 0.340. The second kappa shape index (κ2) is 8.99. The number of hydrogen-bond donors (Lipinski definition) is 4. The van der Waals surface area contributed by atoms with Crippen LogP contribution in [-0.2, 0) is 4.79 Å². The van der Waals surface area contributed by atoms with Crippen LogP contribution in [0.5, 0.6) is 11.6 Å². The van der Waals surface area contributed by atoms with Gasteiger partial charge in [-0.15, -0.1) is 0 Å². The van der Waals surface area contributed by atoms with Gasteiger partial charge in [0.1, 0.15) is 11.6 Å². The number of ether oxygens (including phenoxy) is 1. The Labute approximate surface area is 189 Å². The number of benzene rings is 2. The smallest absolute Gasteiger partial charge is 0.305 e. The summed E-state index contributed by atoms with van der Waals surface area (Å²) in [5.41, 5.74) is 3.62. The number of aromatic nitrogens is 3. The SMILES string of the molecule is COc1ncccc1-c1ccc(O)c(-c2nc3cc(C(=O)NC(C)CC(=O)O)ccc3[nH]2)c1. The predicted octanol–water partition coefficient (Wildman–Crippen LogP) is 3.60. The Morgan fingerprint density at radius 2 is 1.97 bits per heavy atom. The topological polar surface area (TPSA) is 137 Å². The molecule has 4 aromatic rings. The first-order valence-corrected chi connectivity index (χ1v) is 10.2. The largest absolute Gasteiger partial charge is 0.507 e. The number of aromatic amines is 1. The first-order chi connectivity index (χ1) is 15.9. The minimum atomic E-state index is -0.985. The van der Waals surface area contributed by atoms with E-state index in [-0.39, 0.29) is 18.1 Å². The Bertz CT molecular complexity index is 1350. The van der Waals surface area contributed by atoms with Gasteiger partial charge in [0.05, 0.1) is 30.1 Å². The minimum absolute atomic E-state index is 0.0427. The number of phenolic OH excluding ortho intramolecular Hbond substituents is 1. The van der Waals surface area contributed by atoms with Crippen LogP contribution in [0, 0.1) is 0 Å². The molecule has 168 valence electrons. The molecule has 0 aliphatic rings. The van der Waals surface area contributed by atoms with E-state index in [0.29, 0.717) is 33.9 Å². The number of methoxy groups -OCH3 is 1. The number of carbonyl (C=O) groups is 2. The summed E-state index contributed by atoms with van der Waals surface area (Å²) < 4.78 is 5.34. The summed E-state index contributed by atoms with van der Waals surface area (Å²) in [6.07, 6.45) is 1.47. The zero-order valence-corrected chi connectivity index (χ0v) is 18.0. The second-order valence-electron chi connectivity index (χ2n) is 7.58. The molecule has 0 aliphatic carbocycles. The molecule has 0 aliphatic heterocycles. The van der Waals surface area contributed by atoms with Crippen molar-refractivity contribution >= 4 is 22.9 Å². The van der Waals surface area contributed by atoms with Crippen molar-refractivity contribution in [2.24, 2.45) is 0 Å². The molecule has 4 N–H and O–H groups in total. The van der Waals surface area contributed by atoms with E-state index in [0.717, 1.165) is 11.1 Å². The third kappa shape index (κ3) is 4.62. The molecule has 4 rings (SSSR count). The van der Waals surface area contributed by atoms with E-state index in [1.165, 1.54) is 0 Å². The highest BCUT2D eigenvalue weighted by atomic mass is 16.5. The number of hydrogen-bond acceptors (Lipinski definition) is 6.